The number of hydrogen-bond acceptors (Lipinski definition) is 4. The molecule has 2 N–H and O–H groups in total. The van der Waals surface area contributed by atoms with Crippen LogP contribution in [-0.2, 0) is 0 Å². The Bertz CT molecular complexity index is 812. The highest BCUT2D eigenvalue weighted by Gasteiger charge is 2.02. The van der Waals surface area contributed by atoms with Crippen LogP contribution in [0.4, 0.5) is 0 Å². The summed E-state index contributed by atoms with van der Waals surface area (Å²) in [5.74, 6) is 9.68. The zero-order valence-corrected chi connectivity index (χ0v) is 13.6. The molecule has 2 aromatic rings. The van der Waals surface area contributed by atoms with E-state index in [1.54, 1.807) is 24.3 Å². The second kappa shape index (κ2) is 9.41. The van der Waals surface area contributed by atoms with Crippen molar-refractivity contribution >= 4 is 11.9 Å². The fraction of sp³-hybridized carbons (Fsp3) is 0.100. The number of aromatic carboxylic acids is 2. The smallest absolute Gasteiger partial charge is 0.335 e. The van der Waals surface area contributed by atoms with Gasteiger partial charge in [-0.25, -0.2) is 9.59 Å². The van der Waals surface area contributed by atoms with Gasteiger partial charge in [0.2, 0.25) is 0 Å². The number of carboxylic acids is 2. The Morgan fingerprint density at radius 3 is 1.35 bits per heavy atom. The molecule has 0 heterocycles. The van der Waals surface area contributed by atoms with Gasteiger partial charge in [0, 0.05) is 0 Å². The second-order valence-corrected chi connectivity index (χ2v) is 4.84. The highest BCUT2D eigenvalue weighted by Crippen LogP contribution is 2.12. The zero-order valence-electron chi connectivity index (χ0n) is 13.6. The average molecular weight is 350 g/mol. The molecule has 0 radical (unpaired) electrons. The first kappa shape index (κ1) is 18.4. The summed E-state index contributed by atoms with van der Waals surface area (Å²) < 4.78 is 10.7. The van der Waals surface area contributed by atoms with E-state index < -0.39 is 11.9 Å². The van der Waals surface area contributed by atoms with Crippen molar-refractivity contribution in [3.8, 4) is 35.2 Å². The maximum absolute atomic E-state index is 10.7. The lowest BCUT2D eigenvalue weighted by molar-refractivity contribution is 0.0686. The minimum absolute atomic E-state index is 0.124. The van der Waals surface area contributed by atoms with Crippen LogP contribution in [0.2, 0.25) is 0 Å². The highest BCUT2D eigenvalue weighted by molar-refractivity contribution is 5.88. The molecule has 0 aromatic heterocycles. The van der Waals surface area contributed by atoms with E-state index in [0.717, 1.165) is 0 Å². The molecular weight excluding hydrogens is 336 g/mol. The van der Waals surface area contributed by atoms with Crippen molar-refractivity contribution in [3.63, 3.8) is 0 Å². The Labute approximate surface area is 150 Å². The number of carboxylic acid groups (broad SMARTS) is 2. The number of rotatable bonds is 6. The van der Waals surface area contributed by atoms with Crippen molar-refractivity contribution < 1.29 is 29.3 Å². The van der Waals surface area contributed by atoms with Crippen LogP contribution in [0.3, 0.4) is 0 Å². The molecule has 0 unspecified atom stereocenters. The van der Waals surface area contributed by atoms with Gasteiger partial charge in [0.15, 0.2) is 0 Å². The maximum atomic E-state index is 10.7. The summed E-state index contributed by atoms with van der Waals surface area (Å²) in [6.07, 6.45) is 0. The molecular formula is C20H14O6. The van der Waals surface area contributed by atoms with E-state index in [0.29, 0.717) is 11.5 Å². The van der Waals surface area contributed by atoms with Crippen molar-refractivity contribution in [2.24, 2.45) is 0 Å². The van der Waals surface area contributed by atoms with E-state index in [9.17, 15) is 9.59 Å². The molecule has 0 amide bonds. The Morgan fingerprint density at radius 2 is 1.04 bits per heavy atom. The molecule has 2 rings (SSSR count). The molecule has 2 aromatic carbocycles. The minimum Gasteiger partial charge on any atom is -0.481 e. The lowest BCUT2D eigenvalue weighted by Crippen LogP contribution is -1.97. The third-order valence-corrected chi connectivity index (χ3v) is 3.06. The van der Waals surface area contributed by atoms with Gasteiger partial charge in [0.25, 0.3) is 0 Å². The van der Waals surface area contributed by atoms with E-state index in [2.05, 4.69) is 23.7 Å². The van der Waals surface area contributed by atoms with Gasteiger partial charge < -0.3 is 19.7 Å². The molecule has 0 aliphatic heterocycles. The molecule has 0 aliphatic carbocycles. The average Bonchev–Trinajstić information content (AvgIpc) is 2.64. The van der Waals surface area contributed by atoms with Gasteiger partial charge in [-0.05, 0) is 72.2 Å². The van der Waals surface area contributed by atoms with Crippen LogP contribution >= 0.6 is 0 Å². The molecule has 0 spiro atoms. The Morgan fingerprint density at radius 1 is 0.692 bits per heavy atom. The molecule has 0 saturated heterocycles. The van der Waals surface area contributed by atoms with Gasteiger partial charge in [-0.1, -0.05) is 0 Å². The third kappa shape index (κ3) is 5.95. The number of ether oxygens (including phenoxy) is 2. The molecule has 0 bridgehead atoms. The van der Waals surface area contributed by atoms with E-state index in [1.807, 2.05) is 0 Å². The van der Waals surface area contributed by atoms with Crippen molar-refractivity contribution in [1.29, 1.82) is 0 Å². The molecule has 0 saturated carbocycles. The second-order valence-electron chi connectivity index (χ2n) is 4.84. The van der Waals surface area contributed by atoms with Gasteiger partial charge >= 0.3 is 11.9 Å². The normalized spacial score (nSPS) is 9.08. The molecule has 0 fully saturated rings. The van der Waals surface area contributed by atoms with Gasteiger partial charge in [-0.15, -0.1) is 0 Å². The topological polar surface area (TPSA) is 93.1 Å². The Kier molecular flexibility index (Phi) is 6.67. The lowest BCUT2D eigenvalue weighted by atomic mass is 10.2. The third-order valence-electron chi connectivity index (χ3n) is 3.06. The van der Waals surface area contributed by atoms with E-state index in [4.69, 9.17) is 19.7 Å². The lowest BCUT2D eigenvalue weighted by Gasteiger charge is -2.01. The van der Waals surface area contributed by atoms with Crippen molar-refractivity contribution in [1.82, 2.24) is 0 Å². The molecule has 6 nitrogen and oxygen atoms in total. The molecule has 0 aliphatic rings. The van der Waals surface area contributed by atoms with E-state index in [-0.39, 0.29) is 24.3 Å². The van der Waals surface area contributed by atoms with Crippen molar-refractivity contribution in [3.05, 3.63) is 59.7 Å². The summed E-state index contributed by atoms with van der Waals surface area (Å²) >= 11 is 0. The van der Waals surface area contributed by atoms with Gasteiger partial charge in [0.05, 0.1) is 11.1 Å². The molecule has 26 heavy (non-hydrogen) atoms. The van der Waals surface area contributed by atoms with Crippen LogP contribution in [0.1, 0.15) is 20.7 Å². The van der Waals surface area contributed by atoms with Gasteiger partial charge in [-0.3, -0.25) is 0 Å². The summed E-state index contributed by atoms with van der Waals surface area (Å²) in [6, 6.07) is 12.0. The fourth-order valence-corrected chi connectivity index (χ4v) is 1.79. The molecule has 130 valence electrons. The predicted molar refractivity (Wildman–Crippen MR) is 93.3 cm³/mol. The Balaban J connectivity index is 1.71. The van der Waals surface area contributed by atoms with Gasteiger partial charge in [0.1, 0.15) is 24.7 Å². The zero-order chi connectivity index (χ0) is 18.8. The summed E-state index contributed by atoms with van der Waals surface area (Å²) in [6.45, 7) is 0.247. The highest BCUT2D eigenvalue weighted by atomic mass is 16.5. The van der Waals surface area contributed by atoms with Crippen LogP contribution in [-0.4, -0.2) is 35.4 Å². The monoisotopic (exact) mass is 350 g/mol. The van der Waals surface area contributed by atoms with Crippen LogP contribution in [0.15, 0.2) is 48.5 Å². The van der Waals surface area contributed by atoms with Crippen LogP contribution in [0.25, 0.3) is 0 Å². The first-order valence-electron chi connectivity index (χ1n) is 7.44. The van der Waals surface area contributed by atoms with Crippen molar-refractivity contribution in [2.45, 2.75) is 0 Å². The largest absolute Gasteiger partial charge is 0.481 e. The minimum atomic E-state index is -0.994. The SMILES string of the molecule is O=C(O)c1ccc(OCC#CC#CCOc2ccc(C(=O)O)cc2)cc1. The summed E-state index contributed by atoms with van der Waals surface area (Å²) in [7, 11) is 0. The quantitative estimate of drug-likeness (QED) is 0.778. The first-order valence-corrected chi connectivity index (χ1v) is 7.44. The fourth-order valence-electron chi connectivity index (χ4n) is 1.79. The Hall–Kier alpha value is -3.90. The van der Waals surface area contributed by atoms with Crippen LogP contribution in [0, 0.1) is 23.7 Å². The number of carbonyl (C=O) groups is 2. The number of benzene rings is 2. The van der Waals surface area contributed by atoms with E-state index >= 15 is 0 Å². The summed E-state index contributed by atoms with van der Waals surface area (Å²) in [5, 5.41) is 17.6. The van der Waals surface area contributed by atoms with Crippen LogP contribution < -0.4 is 9.47 Å². The summed E-state index contributed by atoms with van der Waals surface area (Å²) in [5.41, 5.74) is 0.374. The number of hydrogen-bond donors (Lipinski definition) is 2. The van der Waals surface area contributed by atoms with E-state index in [1.165, 1.54) is 24.3 Å². The molecule has 0 atom stereocenters. The predicted octanol–water partition coefficient (Wildman–Crippen LogP) is 2.55. The summed E-state index contributed by atoms with van der Waals surface area (Å²) in [4.78, 5) is 21.4. The standard InChI is InChI=1S/C20H14O6/c21-19(22)15-5-9-17(10-6-15)25-13-3-1-2-4-14-26-18-11-7-16(8-12-18)20(23)24/h5-12H,13-14H2,(H,21,22)(H,23,24). The first-order chi connectivity index (χ1) is 12.6. The van der Waals surface area contributed by atoms with Gasteiger partial charge in [-0.2, -0.15) is 0 Å². The molecule has 6 heteroatoms. The van der Waals surface area contributed by atoms with Crippen molar-refractivity contribution in [2.75, 3.05) is 13.2 Å². The van der Waals surface area contributed by atoms with Crippen LogP contribution in [0.5, 0.6) is 11.5 Å². The maximum Gasteiger partial charge on any atom is 0.335 e.